The van der Waals surface area contributed by atoms with Crippen LogP contribution in [0.2, 0.25) is 5.02 Å². The number of hydrogen-bond acceptors (Lipinski definition) is 5. The van der Waals surface area contributed by atoms with Crippen LogP contribution in [0.5, 0.6) is 5.75 Å². The maximum atomic E-state index is 13.0. The molecule has 32 heavy (non-hydrogen) atoms. The average molecular weight is 454 g/mol. The lowest BCUT2D eigenvalue weighted by atomic mass is 10.1. The van der Waals surface area contributed by atoms with Crippen LogP contribution in [0.3, 0.4) is 0 Å². The molecule has 1 aliphatic heterocycles. The number of hydrogen-bond donors (Lipinski definition) is 0. The number of nitrogens with zero attached hydrogens (tertiary/aromatic N) is 3. The van der Waals surface area contributed by atoms with Gasteiger partial charge in [0.2, 0.25) is 0 Å². The second-order valence-electron chi connectivity index (χ2n) is 7.71. The molecule has 4 rings (SSSR count). The Balaban J connectivity index is 1.35. The van der Waals surface area contributed by atoms with Gasteiger partial charge >= 0.3 is 0 Å². The van der Waals surface area contributed by atoms with Crippen LogP contribution in [0.15, 0.2) is 53.1 Å². The van der Waals surface area contributed by atoms with Crippen LogP contribution >= 0.6 is 11.6 Å². The molecule has 1 saturated heterocycles. The van der Waals surface area contributed by atoms with Gasteiger partial charge in [-0.15, -0.1) is 0 Å². The van der Waals surface area contributed by atoms with Crippen molar-refractivity contribution < 1.29 is 18.8 Å². The summed E-state index contributed by atoms with van der Waals surface area (Å²) in [5.74, 6) is 1.20. The fourth-order valence-electron chi connectivity index (χ4n) is 3.65. The van der Waals surface area contributed by atoms with Crippen molar-refractivity contribution in [1.29, 1.82) is 0 Å². The van der Waals surface area contributed by atoms with Crippen LogP contribution in [0.25, 0.3) is 0 Å². The quantitative estimate of drug-likeness (QED) is 0.580. The van der Waals surface area contributed by atoms with Gasteiger partial charge in [-0.25, -0.2) is 0 Å². The van der Waals surface area contributed by atoms with Gasteiger partial charge in [-0.05, 0) is 56.3 Å². The van der Waals surface area contributed by atoms with Gasteiger partial charge in [0.15, 0.2) is 0 Å². The van der Waals surface area contributed by atoms with Crippen molar-refractivity contribution >= 4 is 23.4 Å². The Morgan fingerprint density at radius 1 is 0.969 bits per heavy atom. The van der Waals surface area contributed by atoms with Crippen molar-refractivity contribution in [3.63, 3.8) is 0 Å². The molecule has 0 N–H and O–H groups in total. The molecule has 0 spiro atoms. The zero-order valence-electron chi connectivity index (χ0n) is 18.0. The van der Waals surface area contributed by atoms with E-state index in [0.717, 1.165) is 17.0 Å². The number of amides is 2. The molecule has 0 bridgehead atoms. The summed E-state index contributed by atoms with van der Waals surface area (Å²) >= 11 is 5.90. The molecule has 3 aromatic rings. The van der Waals surface area contributed by atoms with Gasteiger partial charge in [0.25, 0.3) is 11.8 Å². The smallest absolute Gasteiger partial charge is 0.254 e. The SMILES string of the molecule is Cc1noc(C)c1COc1cccc(C(=O)N2CCN(C(=O)c3ccc(Cl)cc3)CC2)c1. The lowest BCUT2D eigenvalue weighted by Crippen LogP contribution is -2.50. The molecule has 0 aliphatic carbocycles. The molecule has 1 aliphatic rings. The molecular formula is C24H24ClN3O4. The molecule has 2 heterocycles. The summed E-state index contributed by atoms with van der Waals surface area (Å²) in [6.07, 6.45) is 0. The highest BCUT2D eigenvalue weighted by Gasteiger charge is 2.25. The number of carbonyl (C=O) groups is 2. The summed E-state index contributed by atoms with van der Waals surface area (Å²) in [5, 5.41) is 4.52. The summed E-state index contributed by atoms with van der Waals surface area (Å²) in [6, 6.07) is 14.0. The van der Waals surface area contributed by atoms with Gasteiger partial charge in [-0.2, -0.15) is 0 Å². The molecule has 0 unspecified atom stereocenters. The fourth-order valence-corrected chi connectivity index (χ4v) is 3.78. The molecule has 1 fully saturated rings. The van der Waals surface area contributed by atoms with E-state index in [9.17, 15) is 9.59 Å². The highest BCUT2D eigenvalue weighted by molar-refractivity contribution is 6.30. The molecule has 7 nitrogen and oxygen atoms in total. The lowest BCUT2D eigenvalue weighted by Gasteiger charge is -2.35. The van der Waals surface area contributed by atoms with E-state index in [4.69, 9.17) is 20.9 Å². The summed E-state index contributed by atoms with van der Waals surface area (Å²) in [5.41, 5.74) is 2.85. The molecule has 1 aromatic heterocycles. The summed E-state index contributed by atoms with van der Waals surface area (Å²) in [7, 11) is 0. The standard InChI is InChI=1S/C24H24ClN3O4/c1-16-22(17(2)32-26-16)15-31-21-5-3-4-19(14-21)24(30)28-12-10-27(11-13-28)23(29)18-6-8-20(25)9-7-18/h3-9,14H,10-13,15H2,1-2H3. The van der Waals surface area contributed by atoms with Crippen LogP contribution < -0.4 is 4.74 Å². The van der Waals surface area contributed by atoms with Crippen LogP contribution in [0.4, 0.5) is 0 Å². The van der Waals surface area contributed by atoms with Crippen molar-refractivity contribution in [2.75, 3.05) is 26.2 Å². The van der Waals surface area contributed by atoms with Crippen molar-refractivity contribution in [2.24, 2.45) is 0 Å². The molecule has 2 aromatic carbocycles. The van der Waals surface area contributed by atoms with E-state index >= 15 is 0 Å². The Morgan fingerprint density at radius 3 is 2.19 bits per heavy atom. The molecule has 0 atom stereocenters. The van der Waals surface area contributed by atoms with Gasteiger partial charge in [0, 0.05) is 42.3 Å². The molecule has 2 amide bonds. The van der Waals surface area contributed by atoms with Crippen molar-refractivity contribution in [3.8, 4) is 5.75 Å². The Hall–Kier alpha value is -3.32. The Morgan fingerprint density at radius 2 is 1.59 bits per heavy atom. The number of aryl methyl sites for hydroxylation is 2. The maximum absolute atomic E-state index is 13.0. The second kappa shape index (κ2) is 9.44. The lowest BCUT2D eigenvalue weighted by molar-refractivity contribution is 0.0535. The normalized spacial score (nSPS) is 13.8. The van der Waals surface area contributed by atoms with E-state index < -0.39 is 0 Å². The second-order valence-corrected chi connectivity index (χ2v) is 8.15. The molecular weight excluding hydrogens is 430 g/mol. The zero-order valence-corrected chi connectivity index (χ0v) is 18.8. The topological polar surface area (TPSA) is 75.9 Å². The zero-order chi connectivity index (χ0) is 22.7. The molecule has 166 valence electrons. The summed E-state index contributed by atoms with van der Waals surface area (Å²) in [6.45, 7) is 5.95. The van der Waals surface area contributed by atoms with Gasteiger partial charge in [-0.1, -0.05) is 22.8 Å². The Bertz CT molecular complexity index is 1100. The first-order chi connectivity index (χ1) is 15.4. The summed E-state index contributed by atoms with van der Waals surface area (Å²) < 4.78 is 11.0. The summed E-state index contributed by atoms with van der Waals surface area (Å²) in [4.78, 5) is 29.2. The number of benzene rings is 2. The van der Waals surface area contributed by atoms with Crippen LogP contribution in [-0.2, 0) is 6.61 Å². The largest absolute Gasteiger partial charge is 0.489 e. The minimum absolute atomic E-state index is 0.0523. The third kappa shape index (κ3) is 4.78. The monoisotopic (exact) mass is 453 g/mol. The minimum atomic E-state index is -0.0774. The van der Waals surface area contributed by atoms with Crippen LogP contribution in [0, 0.1) is 13.8 Å². The highest BCUT2D eigenvalue weighted by Crippen LogP contribution is 2.20. The number of ether oxygens (including phenoxy) is 1. The number of halogens is 1. The molecule has 0 saturated carbocycles. The van der Waals surface area contributed by atoms with Crippen molar-refractivity contribution in [2.45, 2.75) is 20.5 Å². The predicted molar refractivity (Wildman–Crippen MR) is 120 cm³/mol. The molecule has 8 heteroatoms. The van der Waals surface area contributed by atoms with Crippen molar-refractivity contribution in [3.05, 3.63) is 81.7 Å². The number of carbonyl (C=O) groups excluding carboxylic acids is 2. The first kappa shape index (κ1) is 21.9. The first-order valence-electron chi connectivity index (χ1n) is 10.4. The van der Waals surface area contributed by atoms with Crippen LogP contribution in [-0.4, -0.2) is 52.9 Å². The Kier molecular flexibility index (Phi) is 6.46. The number of piperazine rings is 1. The third-order valence-electron chi connectivity index (χ3n) is 5.59. The number of aromatic nitrogens is 1. The predicted octanol–water partition coefficient (Wildman–Crippen LogP) is 4.12. The van der Waals surface area contributed by atoms with Crippen molar-refractivity contribution in [1.82, 2.24) is 15.0 Å². The van der Waals surface area contributed by atoms with E-state index in [1.165, 1.54) is 0 Å². The van der Waals surface area contributed by atoms with E-state index in [2.05, 4.69) is 5.16 Å². The number of rotatable bonds is 5. The third-order valence-corrected chi connectivity index (χ3v) is 5.84. The van der Waals surface area contributed by atoms with E-state index in [1.54, 1.807) is 52.3 Å². The van der Waals surface area contributed by atoms with Gasteiger partial charge < -0.3 is 19.1 Å². The average Bonchev–Trinajstić information content (AvgIpc) is 3.14. The minimum Gasteiger partial charge on any atom is -0.489 e. The molecule has 0 radical (unpaired) electrons. The first-order valence-corrected chi connectivity index (χ1v) is 10.8. The van der Waals surface area contributed by atoms with Gasteiger partial charge in [0.1, 0.15) is 18.1 Å². The van der Waals surface area contributed by atoms with Gasteiger partial charge in [0.05, 0.1) is 11.3 Å². The van der Waals surface area contributed by atoms with E-state index in [-0.39, 0.29) is 11.8 Å². The maximum Gasteiger partial charge on any atom is 0.254 e. The van der Waals surface area contributed by atoms with Crippen LogP contribution in [0.1, 0.15) is 37.7 Å². The van der Waals surface area contributed by atoms with E-state index in [0.29, 0.717) is 54.7 Å². The Labute approximate surface area is 191 Å². The fraction of sp³-hybridized carbons (Fsp3) is 0.292. The van der Waals surface area contributed by atoms with E-state index in [1.807, 2.05) is 19.9 Å². The highest BCUT2D eigenvalue weighted by atomic mass is 35.5. The van der Waals surface area contributed by atoms with Gasteiger partial charge in [-0.3, -0.25) is 9.59 Å².